The van der Waals surface area contributed by atoms with Crippen molar-refractivity contribution in [3.63, 3.8) is 0 Å². The molecule has 0 aliphatic carbocycles. The number of thiophene rings is 1. The highest BCUT2D eigenvalue weighted by molar-refractivity contribution is 7.09. The second kappa shape index (κ2) is 5.62. The van der Waals surface area contributed by atoms with Crippen LogP contribution in [0.3, 0.4) is 0 Å². The maximum absolute atomic E-state index is 12.0. The Balaban J connectivity index is 1.79. The molecule has 1 aliphatic rings. The van der Waals surface area contributed by atoms with Gasteiger partial charge in [0.25, 0.3) is 0 Å². The molecule has 1 saturated heterocycles. The summed E-state index contributed by atoms with van der Waals surface area (Å²) in [4.78, 5) is 17.1. The average molecular weight is 253 g/mol. The van der Waals surface area contributed by atoms with Crippen molar-refractivity contribution in [2.75, 3.05) is 26.7 Å². The first kappa shape index (κ1) is 12.5. The van der Waals surface area contributed by atoms with Crippen LogP contribution in [0.5, 0.6) is 0 Å². The molecule has 0 spiro atoms. The first-order chi connectivity index (χ1) is 8.15. The fraction of sp³-hybridized carbons (Fsp3) is 0.583. The Morgan fingerprint density at radius 2 is 2.53 bits per heavy atom. The molecule has 1 fully saturated rings. The average Bonchev–Trinajstić information content (AvgIpc) is 2.90. The largest absolute Gasteiger partial charge is 0.340 e. The number of likely N-dealkylation sites (tertiary alicyclic amines) is 1. The van der Waals surface area contributed by atoms with Gasteiger partial charge in [-0.1, -0.05) is 6.07 Å². The highest BCUT2D eigenvalue weighted by atomic mass is 32.1. The molecule has 2 N–H and O–H groups in total. The summed E-state index contributed by atoms with van der Waals surface area (Å²) >= 11 is 1.68. The lowest BCUT2D eigenvalue weighted by atomic mass is 10.3. The lowest BCUT2D eigenvalue weighted by molar-refractivity contribution is -0.131. The summed E-state index contributed by atoms with van der Waals surface area (Å²) in [6, 6.07) is 4.31. The molecule has 0 unspecified atom stereocenters. The third kappa shape index (κ3) is 3.52. The van der Waals surface area contributed by atoms with Crippen molar-refractivity contribution in [3.8, 4) is 0 Å². The predicted molar refractivity (Wildman–Crippen MR) is 69.8 cm³/mol. The Labute approximate surface area is 106 Å². The normalized spacial score (nSPS) is 20.7. The van der Waals surface area contributed by atoms with Gasteiger partial charge in [0.2, 0.25) is 5.91 Å². The number of carbonyl (C=O) groups is 1. The van der Waals surface area contributed by atoms with Gasteiger partial charge in [0.05, 0.1) is 13.1 Å². The number of amides is 1. The molecular weight excluding hydrogens is 234 g/mol. The summed E-state index contributed by atoms with van der Waals surface area (Å²) in [5.41, 5.74) is 5.82. The van der Waals surface area contributed by atoms with Gasteiger partial charge in [-0.3, -0.25) is 9.69 Å². The van der Waals surface area contributed by atoms with E-state index in [4.69, 9.17) is 5.73 Å². The van der Waals surface area contributed by atoms with Crippen LogP contribution in [0.25, 0.3) is 0 Å². The Kier molecular flexibility index (Phi) is 4.15. The van der Waals surface area contributed by atoms with E-state index in [2.05, 4.69) is 11.0 Å². The van der Waals surface area contributed by atoms with Gasteiger partial charge in [-0.2, -0.15) is 0 Å². The lowest BCUT2D eigenvalue weighted by Gasteiger charge is -2.20. The number of hydrogen-bond acceptors (Lipinski definition) is 4. The predicted octanol–water partition coefficient (Wildman–Crippen LogP) is 0.740. The molecule has 1 atom stereocenters. The Bertz CT molecular complexity index is 366. The van der Waals surface area contributed by atoms with Crippen molar-refractivity contribution in [2.24, 2.45) is 5.73 Å². The highest BCUT2D eigenvalue weighted by Crippen LogP contribution is 2.12. The van der Waals surface area contributed by atoms with Crippen LogP contribution in [0.15, 0.2) is 17.5 Å². The van der Waals surface area contributed by atoms with Gasteiger partial charge in [-0.25, -0.2) is 0 Å². The van der Waals surface area contributed by atoms with Crippen LogP contribution in [-0.2, 0) is 11.3 Å². The summed E-state index contributed by atoms with van der Waals surface area (Å²) in [5.74, 6) is 0.174. The van der Waals surface area contributed by atoms with Crippen LogP contribution in [-0.4, -0.2) is 48.4 Å². The van der Waals surface area contributed by atoms with Crippen molar-refractivity contribution < 1.29 is 4.79 Å². The fourth-order valence-electron chi connectivity index (χ4n) is 2.04. The van der Waals surface area contributed by atoms with Gasteiger partial charge in [-0.05, 0) is 17.9 Å². The first-order valence-electron chi connectivity index (χ1n) is 5.89. The van der Waals surface area contributed by atoms with Gasteiger partial charge < -0.3 is 10.6 Å². The van der Waals surface area contributed by atoms with Gasteiger partial charge in [0, 0.05) is 31.1 Å². The van der Waals surface area contributed by atoms with Gasteiger partial charge >= 0.3 is 0 Å². The molecule has 0 bridgehead atoms. The van der Waals surface area contributed by atoms with E-state index in [1.54, 1.807) is 16.2 Å². The monoisotopic (exact) mass is 253 g/mol. The van der Waals surface area contributed by atoms with E-state index in [1.807, 2.05) is 18.5 Å². The van der Waals surface area contributed by atoms with Crippen LogP contribution in [0.2, 0.25) is 0 Å². The third-order valence-electron chi connectivity index (χ3n) is 3.07. The molecule has 2 heterocycles. The SMILES string of the molecule is CN(Cc1cccs1)C(=O)CN1CC[C@H](N)C1. The topological polar surface area (TPSA) is 49.6 Å². The maximum atomic E-state index is 12.0. The summed E-state index contributed by atoms with van der Waals surface area (Å²) in [6.07, 6.45) is 1.00. The number of nitrogens with zero attached hydrogens (tertiary/aromatic N) is 2. The molecule has 1 aromatic heterocycles. The molecule has 1 aliphatic heterocycles. The Morgan fingerprint density at radius 1 is 1.71 bits per heavy atom. The zero-order chi connectivity index (χ0) is 12.3. The third-order valence-corrected chi connectivity index (χ3v) is 3.93. The summed E-state index contributed by atoms with van der Waals surface area (Å²) in [5, 5.41) is 2.03. The minimum atomic E-state index is 0.174. The molecule has 4 nitrogen and oxygen atoms in total. The van der Waals surface area contributed by atoms with E-state index in [9.17, 15) is 4.79 Å². The van der Waals surface area contributed by atoms with E-state index >= 15 is 0 Å². The van der Waals surface area contributed by atoms with Gasteiger partial charge in [0.1, 0.15) is 0 Å². The van der Waals surface area contributed by atoms with E-state index in [0.29, 0.717) is 13.1 Å². The number of rotatable bonds is 4. The number of carbonyl (C=O) groups excluding carboxylic acids is 1. The quantitative estimate of drug-likeness (QED) is 0.861. The van der Waals surface area contributed by atoms with Gasteiger partial charge in [-0.15, -0.1) is 11.3 Å². The van der Waals surface area contributed by atoms with Crippen LogP contribution < -0.4 is 5.73 Å². The van der Waals surface area contributed by atoms with E-state index in [0.717, 1.165) is 19.5 Å². The zero-order valence-electron chi connectivity index (χ0n) is 10.1. The van der Waals surface area contributed by atoms with Crippen molar-refractivity contribution in [1.82, 2.24) is 9.80 Å². The number of hydrogen-bond donors (Lipinski definition) is 1. The van der Waals surface area contributed by atoms with Crippen LogP contribution in [0.1, 0.15) is 11.3 Å². The maximum Gasteiger partial charge on any atom is 0.236 e. The van der Waals surface area contributed by atoms with E-state index in [-0.39, 0.29) is 11.9 Å². The number of nitrogens with two attached hydrogens (primary N) is 1. The van der Waals surface area contributed by atoms with Crippen molar-refractivity contribution in [2.45, 2.75) is 19.0 Å². The van der Waals surface area contributed by atoms with Gasteiger partial charge in [0.15, 0.2) is 0 Å². The van der Waals surface area contributed by atoms with Crippen LogP contribution in [0.4, 0.5) is 0 Å². The second-order valence-electron chi connectivity index (χ2n) is 4.61. The van der Waals surface area contributed by atoms with Crippen molar-refractivity contribution in [1.29, 1.82) is 0 Å². The molecular formula is C12H19N3OS. The summed E-state index contributed by atoms with van der Waals surface area (Å²) in [7, 11) is 1.86. The second-order valence-corrected chi connectivity index (χ2v) is 5.65. The van der Waals surface area contributed by atoms with E-state index in [1.165, 1.54) is 4.88 Å². The molecule has 17 heavy (non-hydrogen) atoms. The van der Waals surface area contributed by atoms with E-state index < -0.39 is 0 Å². The van der Waals surface area contributed by atoms with Crippen LogP contribution >= 0.6 is 11.3 Å². The standard InChI is InChI=1S/C12H19N3OS/c1-14(8-11-3-2-6-17-11)12(16)9-15-5-4-10(13)7-15/h2-3,6,10H,4-5,7-9,13H2,1H3/t10-/m0/s1. The molecule has 1 aromatic rings. The molecule has 0 radical (unpaired) electrons. The minimum absolute atomic E-state index is 0.174. The fourth-order valence-corrected chi connectivity index (χ4v) is 2.80. The molecule has 0 saturated carbocycles. The molecule has 0 aromatic carbocycles. The van der Waals surface area contributed by atoms with Crippen molar-refractivity contribution in [3.05, 3.63) is 22.4 Å². The smallest absolute Gasteiger partial charge is 0.236 e. The molecule has 5 heteroatoms. The lowest BCUT2D eigenvalue weighted by Crippen LogP contribution is -2.38. The molecule has 1 amide bonds. The number of likely N-dealkylation sites (N-methyl/N-ethyl adjacent to an activating group) is 1. The Hall–Kier alpha value is -0.910. The van der Waals surface area contributed by atoms with Crippen molar-refractivity contribution >= 4 is 17.2 Å². The first-order valence-corrected chi connectivity index (χ1v) is 6.77. The summed E-state index contributed by atoms with van der Waals surface area (Å²) < 4.78 is 0. The summed E-state index contributed by atoms with van der Waals surface area (Å²) in [6.45, 7) is 2.99. The highest BCUT2D eigenvalue weighted by Gasteiger charge is 2.22. The zero-order valence-corrected chi connectivity index (χ0v) is 10.9. The van der Waals surface area contributed by atoms with Crippen LogP contribution in [0, 0.1) is 0 Å². The molecule has 94 valence electrons. The Morgan fingerprint density at radius 3 is 3.12 bits per heavy atom. The minimum Gasteiger partial charge on any atom is -0.340 e. The molecule has 2 rings (SSSR count).